The molecule has 0 unspecified atom stereocenters. The predicted molar refractivity (Wildman–Crippen MR) is 151 cm³/mol. The van der Waals surface area contributed by atoms with Gasteiger partial charge in [0.25, 0.3) is 0 Å². The van der Waals surface area contributed by atoms with Crippen LogP contribution >= 0.6 is 0 Å². The molecule has 0 bridgehead atoms. The molecule has 0 aliphatic carbocycles. The summed E-state index contributed by atoms with van der Waals surface area (Å²) in [4.78, 5) is 12.1. The molecule has 0 spiro atoms. The summed E-state index contributed by atoms with van der Waals surface area (Å²) < 4.78 is 2.23. The van der Waals surface area contributed by atoms with Gasteiger partial charge in [-0.2, -0.15) is 0 Å². The number of anilines is 3. The average molecular weight is 479 g/mol. The quantitative estimate of drug-likeness (QED) is 0.257. The number of hydrogen-bond acceptors (Lipinski definition) is 3. The lowest BCUT2D eigenvalue weighted by molar-refractivity contribution is 0.631. The Bertz CT molecular complexity index is 1700. The molecule has 0 saturated heterocycles. The van der Waals surface area contributed by atoms with Crippen molar-refractivity contribution < 1.29 is 0 Å². The lowest BCUT2D eigenvalue weighted by atomic mass is 9.73. The number of aromatic nitrogens is 3. The van der Waals surface area contributed by atoms with Gasteiger partial charge in [-0.3, -0.25) is 4.90 Å². The summed E-state index contributed by atoms with van der Waals surface area (Å²) in [6.45, 7) is 4.61. The van der Waals surface area contributed by atoms with E-state index in [0.717, 1.165) is 45.0 Å². The zero-order chi connectivity index (χ0) is 25.0. The van der Waals surface area contributed by atoms with Gasteiger partial charge >= 0.3 is 0 Å². The van der Waals surface area contributed by atoms with E-state index in [1.54, 1.807) is 6.33 Å². The molecular weight excluding hydrogens is 452 g/mol. The van der Waals surface area contributed by atoms with Crippen molar-refractivity contribution >= 4 is 28.2 Å². The highest BCUT2D eigenvalue weighted by Gasteiger charge is 2.38. The zero-order valence-corrected chi connectivity index (χ0v) is 20.8. The van der Waals surface area contributed by atoms with Gasteiger partial charge in [0.1, 0.15) is 17.4 Å². The third-order valence-electron chi connectivity index (χ3n) is 7.52. The number of benzene rings is 4. The molecule has 0 radical (unpaired) electrons. The molecule has 4 nitrogen and oxygen atoms in total. The standard InChI is InChI=1S/C33H26N4/c1-33(2)26-17-9-11-19-28(26)37(29-20-12-10-18-27(29)33)32-31-30(34-22-35-32)25(23-13-5-3-6-14-23)21-36(31)24-15-7-4-8-16-24/h3-22H,1-2H3. The van der Waals surface area contributed by atoms with Crippen LogP contribution in [0.1, 0.15) is 25.0 Å². The molecule has 7 rings (SSSR count). The first-order valence-electron chi connectivity index (χ1n) is 12.6. The third kappa shape index (κ3) is 3.22. The van der Waals surface area contributed by atoms with E-state index in [1.807, 2.05) is 12.1 Å². The first-order chi connectivity index (χ1) is 18.1. The van der Waals surface area contributed by atoms with Crippen LogP contribution in [-0.4, -0.2) is 14.5 Å². The molecule has 0 amide bonds. The molecule has 178 valence electrons. The van der Waals surface area contributed by atoms with E-state index in [-0.39, 0.29) is 5.41 Å². The highest BCUT2D eigenvalue weighted by molar-refractivity contribution is 6.03. The normalized spacial score (nSPS) is 13.8. The van der Waals surface area contributed by atoms with Crippen LogP contribution in [0.4, 0.5) is 17.2 Å². The SMILES string of the molecule is CC1(C)c2ccccc2N(c2ncnc3c(-c4ccccc4)cn(-c4ccccc4)c23)c2ccccc21. The highest BCUT2D eigenvalue weighted by Crippen LogP contribution is 2.52. The van der Waals surface area contributed by atoms with E-state index in [0.29, 0.717) is 0 Å². The Kier molecular flexibility index (Phi) is 4.76. The largest absolute Gasteiger partial charge is 0.311 e. The molecule has 1 aliphatic rings. The second-order valence-electron chi connectivity index (χ2n) is 10.0. The second-order valence-corrected chi connectivity index (χ2v) is 10.0. The third-order valence-corrected chi connectivity index (χ3v) is 7.52. The van der Waals surface area contributed by atoms with Crippen LogP contribution in [-0.2, 0) is 5.41 Å². The Morgan fingerprint density at radius 2 is 1.19 bits per heavy atom. The molecule has 3 heterocycles. The minimum atomic E-state index is -0.132. The van der Waals surface area contributed by atoms with Crippen LogP contribution in [0.15, 0.2) is 122 Å². The van der Waals surface area contributed by atoms with Gasteiger partial charge in [-0.25, -0.2) is 9.97 Å². The Balaban J connectivity index is 1.59. The Labute approximate surface area is 216 Å². The van der Waals surface area contributed by atoms with Crippen LogP contribution in [0.2, 0.25) is 0 Å². The lowest BCUT2D eigenvalue weighted by Crippen LogP contribution is -2.31. The molecule has 37 heavy (non-hydrogen) atoms. The molecule has 2 aromatic heterocycles. The summed E-state index contributed by atoms with van der Waals surface area (Å²) >= 11 is 0. The predicted octanol–water partition coefficient (Wildman–Crippen LogP) is 8.20. The Hall–Kier alpha value is -4.70. The number of para-hydroxylation sites is 3. The van der Waals surface area contributed by atoms with Crippen molar-refractivity contribution in [3.05, 3.63) is 133 Å². The van der Waals surface area contributed by atoms with E-state index in [2.05, 4.69) is 127 Å². The van der Waals surface area contributed by atoms with Crippen molar-refractivity contribution in [1.82, 2.24) is 14.5 Å². The minimum absolute atomic E-state index is 0.132. The summed E-state index contributed by atoms with van der Waals surface area (Å²) in [5.41, 5.74) is 9.92. The van der Waals surface area contributed by atoms with E-state index in [9.17, 15) is 0 Å². The molecule has 0 fully saturated rings. The van der Waals surface area contributed by atoms with Crippen LogP contribution in [0.5, 0.6) is 0 Å². The average Bonchev–Trinajstić information content (AvgIpc) is 3.35. The van der Waals surface area contributed by atoms with Gasteiger partial charge < -0.3 is 4.57 Å². The number of nitrogens with zero attached hydrogens (tertiary/aromatic N) is 4. The smallest absolute Gasteiger partial charge is 0.166 e. The summed E-state index contributed by atoms with van der Waals surface area (Å²) in [6, 6.07) is 38.3. The highest BCUT2D eigenvalue weighted by atomic mass is 15.2. The first-order valence-corrected chi connectivity index (χ1v) is 12.6. The second kappa shape index (κ2) is 8.17. The van der Waals surface area contributed by atoms with Gasteiger partial charge in [0.2, 0.25) is 0 Å². The van der Waals surface area contributed by atoms with Crippen LogP contribution in [0.25, 0.3) is 27.8 Å². The van der Waals surface area contributed by atoms with Gasteiger partial charge in [0.05, 0.1) is 11.4 Å². The molecule has 0 atom stereocenters. The molecule has 0 N–H and O–H groups in total. The van der Waals surface area contributed by atoms with Crippen molar-refractivity contribution in [1.29, 1.82) is 0 Å². The summed E-state index contributed by atoms with van der Waals surface area (Å²) in [5, 5.41) is 0. The monoisotopic (exact) mass is 478 g/mol. The first kappa shape index (κ1) is 21.6. The fourth-order valence-electron chi connectivity index (χ4n) is 5.73. The maximum absolute atomic E-state index is 4.96. The molecule has 0 saturated carbocycles. The van der Waals surface area contributed by atoms with E-state index in [4.69, 9.17) is 9.97 Å². The lowest BCUT2D eigenvalue weighted by Gasteiger charge is -2.41. The molecule has 1 aliphatic heterocycles. The Morgan fingerprint density at radius 1 is 0.622 bits per heavy atom. The summed E-state index contributed by atoms with van der Waals surface area (Å²) in [6.07, 6.45) is 3.89. The topological polar surface area (TPSA) is 34.0 Å². The fraction of sp³-hybridized carbons (Fsp3) is 0.0909. The van der Waals surface area contributed by atoms with Gasteiger partial charge in [-0.15, -0.1) is 0 Å². The number of hydrogen-bond donors (Lipinski definition) is 0. The van der Waals surface area contributed by atoms with Crippen LogP contribution < -0.4 is 4.90 Å². The van der Waals surface area contributed by atoms with Gasteiger partial charge in [-0.1, -0.05) is 98.8 Å². The van der Waals surface area contributed by atoms with Crippen LogP contribution in [0.3, 0.4) is 0 Å². The van der Waals surface area contributed by atoms with Gasteiger partial charge in [0, 0.05) is 22.9 Å². The van der Waals surface area contributed by atoms with E-state index < -0.39 is 0 Å². The minimum Gasteiger partial charge on any atom is -0.311 e. The number of rotatable bonds is 3. The summed E-state index contributed by atoms with van der Waals surface area (Å²) in [7, 11) is 0. The van der Waals surface area contributed by atoms with Crippen molar-refractivity contribution in [3.8, 4) is 16.8 Å². The molecular formula is C33H26N4. The van der Waals surface area contributed by atoms with Gasteiger partial charge in [-0.05, 0) is 41.0 Å². The van der Waals surface area contributed by atoms with Crippen LogP contribution in [0, 0.1) is 0 Å². The van der Waals surface area contributed by atoms with Crippen molar-refractivity contribution in [2.75, 3.05) is 4.90 Å². The zero-order valence-electron chi connectivity index (χ0n) is 20.8. The van der Waals surface area contributed by atoms with Crippen molar-refractivity contribution in [3.63, 3.8) is 0 Å². The Morgan fingerprint density at radius 3 is 1.84 bits per heavy atom. The van der Waals surface area contributed by atoms with E-state index in [1.165, 1.54) is 11.1 Å². The maximum Gasteiger partial charge on any atom is 0.166 e. The number of fused-ring (bicyclic) bond motifs is 3. The van der Waals surface area contributed by atoms with E-state index >= 15 is 0 Å². The summed E-state index contributed by atoms with van der Waals surface area (Å²) in [5.74, 6) is 0.867. The molecule has 6 aromatic rings. The maximum atomic E-state index is 4.96. The van der Waals surface area contributed by atoms with Crippen molar-refractivity contribution in [2.24, 2.45) is 0 Å². The van der Waals surface area contributed by atoms with Crippen molar-refractivity contribution in [2.45, 2.75) is 19.3 Å². The molecule has 4 aromatic carbocycles. The fourth-order valence-corrected chi connectivity index (χ4v) is 5.73. The van der Waals surface area contributed by atoms with Gasteiger partial charge in [0.15, 0.2) is 5.82 Å². The molecule has 4 heteroatoms.